The molecule has 7 heteroatoms. The molecule has 2 aromatic rings. The molecule has 1 amide bonds. The van der Waals surface area contributed by atoms with Gasteiger partial charge in [-0.1, -0.05) is 24.2 Å². The smallest absolute Gasteiger partial charge is 0.285 e. The number of carbonyl (C=O) groups is 1. The Hall–Kier alpha value is -1.40. The lowest BCUT2D eigenvalue weighted by atomic mass is 10.1. The van der Waals surface area contributed by atoms with Crippen LogP contribution in [-0.4, -0.2) is 32.1 Å². The third-order valence-corrected chi connectivity index (χ3v) is 4.93. The molecule has 1 aliphatic heterocycles. The Kier molecular flexibility index (Phi) is 4.26. The van der Waals surface area contributed by atoms with E-state index >= 15 is 0 Å². The highest BCUT2D eigenvalue weighted by molar-refractivity contribution is 7.17. The van der Waals surface area contributed by atoms with Gasteiger partial charge >= 0.3 is 0 Å². The fourth-order valence-corrected chi connectivity index (χ4v) is 3.68. The van der Waals surface area contributed by atoms with Crippen molar-refractivity contribution in [1.82, 2.24) is 19.7 Å². The minimum Gasteiger partial charge on any atom is -0.353 e. The van der Waals surface area contributed by atoms with Crippen molar-refractivity contribution in [3.05, 3.63) is 33.5 Å². The molecule has 2 aromatic heterocycles. The van der Waals surface area contributed by atoms with E-state index in [1.807, 2.05) is 24.2 Å². The molecule has 1 unspecified atom stereocenters. The molecule has 21 heavy (non-hydrogen) atoms. The molecule has 1 atom stereocenters. The highest BCUT2D eigenvalue weighted by atomic mass is 35.5. The normalized spacial score (nSPS) is 19.5. The molecule has 0 aliphatic carbocycles. The second-order valence-electron chi connectivity index (χ2n) is 5.27. The third-order valence-electron chi connectivity index (χ3n) is 3.92. The van der Waals surface area contributed by atoms with Gasteiger partial charge in [0.1, 0.15) is 0 Å². The van der Waals surface area contributed by atoms with Gasteiger partial charge in [-0.2, -0.15) is 0 Å². The zero-order valence-corrected chi connectivity index (χ0v) is 13.4. The van der Waals surface area contributed by atoms with Gasteiger partial charge in [0.25, 0.3) is 5.91 Å². The Morgan fingerprint density at radius 2 is 2.24 bits per heavy atom. The Balaban J connectivity index is 1.92. The van der Waals surface area contributed by atoms with E-state index in [0.29, 0.717) is 9.47 Å². The third kappa shape index (κ3) is 2.96. The van der Waals surface area contributed by atoms with Gasteiger partial charge in [-0.15, -0.1) is 10.2 Å². The maximum atomic E-state index is 12.7. The molecular formula is C14H17ClN4OS. The van der Waals surface area contributed by atoms with E-state index in [1.54, 1.807) is 0 Å². The molecule has 0 radical (unpaired) electrons. The monoisotopic (exact) mass is 324 g/mol. The summed E-state index contributed by atoms with van der Waals surface area (Å²) in [6.07, 6.45) is 6.32. The minimum atomic E-state index is -0.0625. The number of hydrogen-bond donors (Lipinski definition) is 0. The fraction of sp³-hybridized carbons (Fsp3) is 0.500. The summed E-state index contributed by atoms with van der Waals surface area (Å²) in [6.45, 7) is 0.756. The zero-order valence-electron chi connectivity index (χ0n) is 11.8. The number of rotatable bonds is 2. The Bertz CT molecular complexity index is 638. The molecule has 1 aliphatic rings. The molecular weight excluding hydrogens is 308 g/mol. The molecule has 0 spiro atoms. The summed E-state index contributed by atoms with van der Waals surface area (Å²) >= 11 is 6.95. The fourth-order valence-electron chi connectivity index (χ4n) is 2.89. The number of aromatic nitrogens is 3. The maximum Gasteiger partial charge on any atom is 0.285 e. The van der Waals surface area contributed by atoms with Crippen LogP contribution in [0.4, 0.5) is 0 Å². The molecule has 3 heterocycles. The quantitative estimate of drug-likeness (QED) is 0.851. The average Bonchev–Trinajstić information content (AvgIpc) is 3.00. The largest absolute Gasteiger partial charge is 0.353 e. The molecule has 112 valence electrons. The van der Waals surface area contributed by atoms with Gasteiger partial charge in [0.15, 0.2) is 0 Å². The lowest BCUT2D eigenvalue weighted by Crippen LogP contribution is -2.35. The average molecular weight is 325 g/mol. The van der Waals surface area contributed by atoms with Crippen LogP contribution in [0.1, 0.15) is 47.2 Å². The van der Waals surface area contributed by atoms with Crippen molar-refractivity contribution in [3.63, 3.8) is 0 Å². The highest BCUT2D eigenvalue weighted by Crippen LogP contribution is 2.32. The molecule has 5 nitrogen and oxygen atoms in total. The van der Waals surface area contributed by atoms with Crippen LogP contribution in [0.15, 0.2) is 18.3 Å². The van der Waals surface area contributed by atoms with E-state index in [-0.39, 0.29) is 11.9 Å². The van der Waals surface area contributed by atoms with Crippen molar-refractivity contribution in [2.24, 2.45) is 7.05 Å². The number of amides is 1. The van der Waals surface area contributed by atoms with Crippen LogP contribution in [0.25, 0.3) is 0 Å². The summed E-state index contributed by atoms with van der Waals surface area (Å²) in [5, 5.41) is 8.02. The van der Waals surface area contributed by atoms with E-state index in [2.05, 4.69) is 20.8 Å². The Morgan fingerprint density at radius 1 is 1.38 bits per heavy atom. The van der Waals surface area contributed by atoms with Crippen molar-refractivity contribution < 1.29 is 4.79 Å². The van der Waals surface area contributed by atoms with Crippen molar-refractivity contribution in [3.8, 4) is 0 Å². The first-order valence-corrected chi connectivity index (χ1v) is 8.27. The van der Waals surface area contributed by atoms with Crippen LogP contribution in [-0.2, 0) is 7.05 Å². The topological polar surface area (TPSA) is 51.0 Å². The van der Waals surface area contributed by atoms with E-state index in [0.717, 1.165) is 43.6 Å². The summed E-state index contributed by atoms with van der Waals surface area (Å²) in [6, 6.07) is 4.20. The zero-order chi connectivity index (χ0) is 14.8. The summed E-state index contributed by atoms with van der Waals surface area (Å²) in [5.41, 5.74) is 1.17. The molecule has 3 rings (SSSR count). The molecule has 1 saturated heterocycles. The lowest BCUT2D eigenvalue weighted by Gasteiger charge is -2.29. The maximum absolute atomic E-state index is 12.7. The van der Waals surface area contributed by atoms with Crippen LogP contribution in [0, 0.1) is 0 Å². The molecule has 0 aromatic carbocycles. The first-order valence-electron chi connectivity index (χ1n) is 7.08. The predicted molar refractivity (Wildman–Crippen MR) is 82.6 cm³/mol. The first-order chi connectivity index (χ1) is 10.2. The lowest BCUT2D eigenvalue weighted by molar-refractivity contribution is 0.0673. The van der Waals surface area contributed by atoms with E-state index in [4.69, 9.17) is 11.6 Å². The van der Waals surface area contributed by atoms with Crippen molar-refractivity contribution in [2.45, 2.75) is 31.7 Å². The second kappa shape index (κ2) is 6.15. The SMILES string of the molecule is Cn1cccc1C1CCCCCN1C(=O)c1nnc(Cl)s1. The highest BCUT2D eigenvalue weighted by Gasteiger charge is 2.30. The van der Waals surface area contributed by atoms with Crippen molar-refractivity contribution in [1.29, 1.82) is 0 Å². The van der Waals surface area contributed by atoms with Gasteiger partial charge < -0.3 is 9.47 Å². The Morgan fingerprint density at radius 3 is 2.90 bits per heavy atom. The van der Waals surface area contributed by atoms with Gasteiger partial charge in [0.2, 0.25) is 9.47 Å². The summed E-state index contributed by atoms with van der Waals surface area (Å²) in [7, 11) is 2.02. The second-order valence-corrected chi connectivity index (χ2v) is 6.83. The standard InChI is InChI=1S/C14H17ClN4OS/c1-18-8-5-7-10(18)11-6-3-2-4-9-19(11)13(20)12-16-17-14(15)21-12/h5,7-8,11H,2-4,6,9H2,1H3. The number of halogens is 1. The van der Waals surface area contributed by atoms with Crippen molar-refractivity contribution >= 4 is 28.8 Å². The molecule has 0 bridgehead atoms. The van der Waals surface area contributed by atoms with Gasteiger partial charge in [-0.25, -0.2) is 0 Å². The van der Waals surface area contributed by atoms with Gasteiger partial charge in [0, 0.05) is 25.5 Å². The van der Waals surface area contributed by atoms with Crippen LogP contribution in [0.3, 0.4) is 0 Å². The van der Waals surface area contributed by atoms with Crippen LogP contribution in [0.5, 0.6) is 0 Å². The van der Waals surface area contributed by atoms with Crippen LogP contribution < -0.4 is 0 Å². The molecule has 1 fully saturated rings. The van der Waals surface area contributed by atoms with Gasteiger partial charge in [-0.05, 0) is 36.6 Å². The molecule has 0 N–H and O–H groups in total. The number of likely N-dealkylation sites (tertiary alicyclic amines) is 1. The summed E-state index contributed by atoms with van der Waals surface area (Å²) < 4.78 is 2.40. The van der Waals surface area contributed by atoms with Gasteiger partial charge in [0.05, 0.1) is 6.04 Å². The van der Waals surface area contributed by atoms with E-state index < -0.39 is 0 Å². The predicted octanol–water partition coefficient (Wildman–Crippen LogP) is 3.29. The first kappa shape index (κ1) is 14.5. The van der Waals surface area contributed by atoms with E-state index in [1.165, 1.54) is 5.69 Å². The summed E-state index contributed by atoms with van der Waals surface area (Å²) in [5.74, 6) is -0.0625. The number of aryl methyl sites for hydroxylation is 1. The Labute approximate surface area is 132 Å². The van der Waals surface area contributed by atoms with Crippen LogP contribution in [0.2, 0.25) is 4.47 Å². The van der Waals surface area contributed by atoms with Gasteiger partial charge in [-0.3, -0.25) is 4.79 Å². The van der Waals surface area contributed by atoms with Crippen LogP contribution >= 0.6 is 22.9 Å². The number of hydrogen-bond acceptors (Lipinski definition) is 4. The minimum absolute atomic E-state index is 0.0625. The number of carbonyl (C=O) groups excluding carboxylic acids is 1. The number of nitrogens with zero attached hydrogens (tertiary/aromatic N) is 4. The van der Waals surface area contributed by atoms with E-state index in [9.17, 15) is 4.79 Å². The van der Waals surface area contributed by atoms with Crippen molar-refractivity contribution in [2.75, 3.05) is 6.54 Å². The summed E-state index contributed by atoms with van der Waals surface area (Å²) in [4.78, 5) is 14.7. The molecule has 0 saturated carbocycles.